The fraction of sp³-hybridized carbons (Fsp3) is 0.556. The first-order valence-electron chi connectivity index (χ1n) is 4.78. The Balaban J connectivity index is 2.08. The molecule has 0 aromatic carbocycles. The third-order valence-corrected chi connectivity index (χ3v) is 2.44. The van der Waals surface area contributed by atoms with Gasteiger partial charge in [0.2, 0.25) is 5.95 Å². The molecule has 0 unspecified atom stereocenters. The monoisotopic (exact) mass is 214 g/mol. The summed E-state index contributed by atoms with van der Waals surface area (Å²) in [5, 5.41) is 0. The lowest BCUT2D eigenvalue weighted by molar-refractivity contribution is -0.0222. The van der Waals surface area contributed by atoms with Crippen LogP contribution in [0.4, 0.5) is 20.5 Å². The summed E-state index contributed by atoms with van der Waals surface area (Å²) in [5.41, 5.74) is 5.49. The van der Waals surface area contributed by atoms with E-state index in [1.54, 1.807) is 11.0 Å². The highest BCUT2D eigenvalue weighted by Gasteiger charge is 2.34. The molecule has 1 saturated heterocycles. The Labute approximate surface area is 86.1 Å². The van der Waals surface area contributed by atoms with Crippen molar-refractivity contribution >= 4 is 11.8 Å². The average molecular weight is 214 g/mol. The zero-order valence-corrected chi connectivity index (χ0v) is 8.16. The number of piperidine rings is 1. The van der Waals surface area contributed by atoms with E-state index in [2.05, 4.69) is 9.97 Å². The number of hydrogen-bond donors (Lipinski definition) is 1. The lowest BCUT2D eigenvalue weighted by Gasteiger charge is -2.31. The van der Waals surface area contributed by atoms with Gasteiger partial charge in [-0.3, -0.25) is 0 Å². The average Bonchev–Trinajstić information content (AvgIpc) is 2.17. The van der Waals surface area contributed by atoms with Crippen LogP contribution in [0.2, 0.25) is 0 Å². The van der Waals surface area contributed by atoms with Crippen molar-refractivity contribution in [3.8, 4) is 0 Å². The molecule has 0 aliphatic carbocycles. The highest BCUT2D eigenvalue weighted by Crippen LogP contribution is 2.29. The molecule has 6 heteroatoms. The van der Waals surface area contributed by atoms with Crippen LogP contribution in [0, 0.1) is 0 Å². The number of nitrogens with two attached hydrogens (primary N) is 1. The van der Waals surface area contributed by atoms with Gasteiger partial charge in [-0.1, -0.05) is 0 Å². The first-order valence-corrected chi connectivity index (χ1v) is 4.78. The summed E-state index contributed by atoms with van der Waals surface area (Å²) in [6.45, 7) is 0.549. The fourth-order valence-electron chi connectivity index (χ4n) is 1.55. The van der Waals surface area contributed by atoms with Gasteiger partial charge in [0, 0.05) is 32.1 Å². The third-order valence-electron chi connectivity index (χ3n) is 2.44. The van der Waals surface area contributed by atoms with Gasteiger partial charge in [0.1, 0.15) is 5.82 Å². The van der Waals surface area contributed by atoms with Crippen LogP contribution in [0.5, 0.6) is 0 Å². The predicted molar refractivity (Wildman–Crippen MR) is 52.8 cm³/mol. The van der Waals surface area contributed by atoms with Gasteiger partial charge < -0.3 is 10.6 Å². The lowest BCUT2D eigenvalue weighted by Crippen LogP contribution is -2.40. The Morgan fingerprint density at radius 1 is 1.33 bits per heavy atom. The maximum Gasteiger partial charge on any atom is 0.251 e. The van der Waals surface area contributed by atoms with Gasteiger partial charge in [0.05, 0.1) is 0 Å². The summed E-state index contributed by atoms with van der Waals surface area (Å²) in [7, 11) is 0. The molecule has 1 aromatic heterocycles. The normalized spacial score (nSPS) is 20.3. The van der Waals surface area contributed by atoms with Gasteiger partial charge in [-0.25, -0.2) is 13.8 Å². The second kappa shape index (κ2) is 3.60. The van der Waals surface area contributed by atoms with Crippen LogP contribution in [-0.4, -0.2) is 29.0 Å². The van der Waals surface area contributed by atoms with Crippen molar-refractivity contribution in [2.45, 2.75) is 18.8 Å². The Hall–Kier alpha value is -1.46. The Kier molecular flexibility index (Phi) is 2.42. The molecule has 1 aliphatic heterocycles. The quantitative estimate of drug-likeness (QED) is 0.765. The van der Waals surface area contributed by atoms with E-state index >= 15 is 0 Å². The number of halogens is 2. The smallest absolute Gasteiger partial charge is 0.251 e. The van der Waals surface area contributed by atoms with Crippen molar-refractivity contribution in [3.63, 3.8) is 0 Å². The van der Waals surface area contributed by atoms with Crippen molar-refractivity contribution in [3.05, 3.63) is 12.3 Å². The zero-order chi connectivity index (χ0) is 10.9. The zero-order valence-electron chi connectivity index (χ0n) is 8.16. The van der Waals surface area contributed by atoms with Crippen molar-refractivity contribution in [1.82, 2.24) is 9.97 Å². The van der Waals surface area contributed by atoms with E-state index in [-0.39, 0.29) is 25.9 Å². The van der Waals surface area contributed by atoms with Crippen molar-refractivity contribution in [2.75, 3.05) is 23.7 Å². The molecule has 1 aromatic rings. The van der Waals surface area contributed by atoms with Crippen LogP contribution in [0.25, 0.3) is 0 Å². The van der Waals surface area contributed by atoms with Crippen molar-refractivity contribution in [1.29, 1.82) is 0 Å². The molecule has 0 amide bonds. The highest BCUT2D eigenvalue weighted by molar-refractivity contribution is 5.38. The first-order chi connectivity index (χ1) is 7.07. The predicted octanol–water partition coefficient (Wildman–Crippen LogP) is 1.29. The van der Waals surface area contributed by atoms with Gasteiger partial charge in [0.25, 0.3) is 5.92 Å². The van der Waals surface area contributed by atoms with Gasteiger partial charge >= 0.3 is 0 Å². The van der Waals surface area contributed by atoms with Crippen molar-refractivity contribution in [2.24, 2.45) is 0 Å². The molecule has 2 heterocycles. The van der Waals surface area contributed by atoms with Crippen LogP contribution < -0.4 is 10.6 Å². The van der Waals surface area contributed by atoms with Gasteiger partial charge in [-0.2, -0.15) is 4.98 Å². The molecule has 0 atom stereocenters. The van der Waals surface area contributed by atoms with Crippen LogP contribution in [0.3, 0.4) is 0 Å². The van der Waals surface area contributed by atoms with E-state index in [1.165, 1.54) is 6.20 Å². The molecule has 4 nitrogen and oxygen atoms in total. The Morgan fingerprint density at radius 3 is 2.60 bits per heavy atom. The van der Waals surface area contributed by atoms with E-state index in [0.29, 0.717) is 11.8 Å². The lowest BCUT2D eigenvalue weighted by atomic mass is 10.1. The minimum absolute atomic E-state index is 0.148. The minimum Gasteiger partial charge on any atom is -0.384 e. The number of aromatic nitrogens is 2. The van der Waals surface area contributed by atoms with E-state index in [1.807, 2.05) is 0 Å². The molecule has 15 heavy (non-hydrogen) atoms. The second-order valence-electron chi connectivity index (χ2n) is 3.62. The van der Waals surface area contributed by atoms with Crippen LogP contribution in [-0.2, 0) is 0 Å². The van der Waals surface area contributed by atoms with E-state index < -0.39 is 5.92 Å². The molecule has 0 radical (unpaired) electrons. The van der Waals surface area contributed by atoms with E-state index in [9.17, 15) is 8.78 Å². The summed E-state index contributed by atoms with van der Waals surface area (Å²) in [5.74, 6) is -1.75. The topological polar surface area (TPSA) is 55.0 Å². The molecular weight excluding hydrogens is 202 g/mol. The standard InChI is InChI=1S/C9H12F2N4/c10-9(11)2-5-15(6-3-9)8-13-4-1-7(12)14-8/h1,4H,2-3,5-6H2,(H2,12,13,14). The SMILES string of the molecule is Nc1ccnc(N2CCC(F)(F)CC2)n1. The molecule has 0 spiro atoms. The first kappa shape index (κ1) is 10.1. The van der Waals surface area contributed by atoms with Crippen LogP contribution in [0.1, 0.15) is 12.8 Å². The largest absolute Gasteiger partial charge is 0.384 e. The number of nitrogen functional groups attached to an aromatic ring is 1. The summed E-state index contributed by atoms with van der Waals surface area (Å²) >= 11 is 0. The molecular formula is C9H12F2N4. The minimum atomic E-state index is -2.54. The second-order valence-corrected chi connectivity index (χ2v) is 3.62. The highest BCUT2D eigenvalue weighted by atomic mass is 19.3. The third kappa shape index (κ3) is 2.31. The van der Waals surface area contributed by atoms with Gasteiger partial charge in [0.15, 0.2) is 0 Å². The van der Waals surface area contributed by atoms with Gasteiger partial charge in [-0.05, 0) is 6.07 Å². The molecule has 1 fully saturated rings. The van der Waals surface area contributed by atoms with Crippen molar-refractivity contribution < 1.29 is 8.78 Å². The van der Waals surface area contributed by atoms with Crippen LogP contribution >= 0.6 is 0 Å². The number of nitrogens with zero attached hydrogens (tertiary/aromatic N) is 3. The molecule has 0 saturated carbocycles. The fourth-order valence-corrected chi connectivity index (χ4v) is 1.55. The summed E-state index contributed by atoms with van der Waals surface area (Å²) in [4.78, 5) is 9.72. The molecule has 0 bridgehead atoms. The summed E-state index contributed by atoms with van der Waals surface area (Å²) < 4.78 is 25.8. The number of rotatable bonds is 1. The maximum atomic E-state index is 12.9. The van der Waals surface area contributed by atoms with E-state index in [0.717, 1.165) is 0 Å². The summed E-state index contributed by atoms with van der Waals surface area (Å²) in [6.07, 6.45) is 1.24. The summed E-state index contributed by atoms with van der Waals surface area (Å²) in [6, 6.07) is 1.57. The van der Waals surface area contributed by atoms with Crippen LogP contribution in [0.15, 0.2) is 12.3 Å². The maximum absolute atomic E-state index is 12.9. The number of alkyl halides is 2. The number of anilines is 2. The Bertz CT molecular complexity index is 346. The molecule has 2 N–H and O–H groups in total. The molecule has 1 aliphatic rings. The number of hydrogen-bond acceptors (Lipinski definition) is 4. The molecule has 2 rings (SSSR count). The van der Waals surface area contributed by atoms with Gasteiger partial charge in [-0.15, -0.1) is 0 Å². The molecule has 82 valence electrons. The Morgan fingerprint density at radius 2 is 2.00 bits per heavy atom. The van der Waals surface area contributed by atoms with E-state index in [4.69, 9.17) is 5.73 Å².